The lowest BCUT2D eigenvalue weighted by Gasteiger charge is -2.41. The van der Waals surface area contributed by atoms with E-state index in [4.69, 9.17) is 9.47 Å². The van der Waals surface area contributed by atoms with Gasteiger partial charge in [-0.15, -0.1) is 0 Å². The average Bonchev–Trinajstić information content (AvgIpc) is 4.01. The number of benzene rings is 1. The fraction of sp³-hybridized carbons (Fsp3) is 0.579. The zero-order valence-electron chi connectivity index (χ0n) is 31.4. The van der Waals surface area contributed by atoms with Crippen molar-refractivity contribution in [1.82, 2.24) is 19.5 Å². The zero-order chi connectivity index (χ0) is 39.0. The molecule has 2 saturated carbocycles. The van der Waals surface area contributed by atoms with Crippen LogP contribution in [0.15, 0.2) is 42.1 Å². The van der Waals surface area contributed by atoms with Crippen LogP contribution in [-0.4, -0.2) is 100 Å². The Balaban J connectivity index is 1.54. The van der Waals surface area contributed by atoms with Gasteiger partial charge in [0.1, 0.15) is 23.3 Å². The minimum absolute atomic E-state index is 0.0638. The van der Waals surface area contributed by atoms with E-state index in [0.717, 1.165) is 15.9 Å². The molecule has 288 valence electrons. The van der Waals surface area contributed by atoms with Gasteiger partial charge in [-0.3, -0.25) is 28.8 Å². The van der Waals surface area contributed by atoms with Gasteiger partial charge in [0, 0.05) is 30.0 Å². The fourth-order valence-electron chi connectivity index (χ4n) is 7.49. The van der Waals surface area contributed by atoms with E-state index < -0.39 is 74.0 Å². The number of likely N-dealkylation sites (tertiary alicyclic amines) is 1. The summed E-state index contributed by atoms with van der Waals surface area (Å²) in [5, 5.41) is 11.1. The third-order valence-electron chi connectivity index (χ3n) is 10.3. The lowest BCUT2D eigenvalue weighted by atomic mass is 9.89. The van der Waals surface area contributed by atoms with Gasteiger partial charge in [0.25, 0.3) is 0 Å². The normalized spacial score (nSPS) is 23.2. The highest BCUT2D eigenvalue weighted by Crippen LogP contribution is 2.57. The van der Waals surface area contributed by atoms with E-state index in [0.29, 0.717) is 30.4 Å². The number of methoxy groups -OCH3 is 1. The Hall–Kier alpha value is -4.53. The number of aromatic nitrogens is 1. The van der Waals surface area contributed by atoms with E-state index >= 15 is 0 Å². The number of pyridine rings is 1. The minimum atomic E-state index is -3.98. The maximum Gasteiger partial charge on any atom is 0.408 e. The topological polar surface area (TPSA) is 190 Å². The number of nitrogens with one attached hydrogen (secondary N) is 1. The van der Waals surface area contributed by atoms with Gasteiger partial charge < -0.3 is 19.5 Å². The van der Waals surface area contributed by atoms with Gasteiger partial charge in [-0.1, -0.05) is 18.9 Å². The van der Waals surface area contributed by atoms with Crippen molar-refractivity contribution in [3.63, 3.8) is 0 Å². The van der Waals surface area contributed by atoms with Gasteiger partial charge in [0.2, 0.25) is 27.7 Å². The van der Waals surface area contributed by atoms with Crippen molar-refractivity contribution in [3.8, 4) is 11.6 Å². The van der Waals surface area contributed by atoms with Crippen molar-refractivity contribution in [3.05, 3.63) is 42.1 Å². The summed E-state index contributed by atoms with van der Waals surface area (Å²) in [6, 6.07) is 4.48. The summed E-state index contributed by atoms with van der Waals surface area (Å²) >= 11 is 0. The monoisotopic (exact) mass is 754 g/mol. The van der Waals surface area contributed by atoms with E-state index in [-0.39, 0.29) is 43.9 Å². The van der Waals surface area contributed by atoms with Crippen molar-refractivity contribution < 1.29 is 47.0 Å². The second kappa shape index (κ2) is 15.1. The molecule has 3 fully saturated rings. The molecule has 5 rings (SSSR count). The number of hydrogen-bond donors (Lipinski definition) is 2. The standard InChI is InChI=1S/C38H50N4O10S/c1-8-24-20-38(24,35(46)40-53(49,50)28-11-12-28)32(44)31-19-27(52-33-29-13-10-26(51-7)18-23(29)15-16-39-33)21-41(31)34(45)30(14-9-25(43)17-22(2)3)42(36(47)48)37(4,5)6/h10,13,15-18,24,27-28,30-31H,8-9,11-12,14,19-21H2,1-7H3,(H,40,46)(H,47,48)/t24-,27-,30+,31+,38-/m1/s1. The number of sulfonamides is 1. The highest BCUT2D eigenvalue weighted by atomic mass is 32.2. The van der Waals surface area contributed by atoms with Gasteiger partial charge in [0.05, 0.1) is 24.9 Å². The molecule has 5 atom stereocenters. The Labute approximate surface area is 310 Å². The molecular weight excluding hydrogens is 705 g/mol. The lowest BCUT2D eigenvalue weighted by molar-refractivity contribution is -0.147. The molecular formula is C38H50N4O10S. The van der Waals surface area contributed by atoms with Crippen LogP contribution in [0.2, 0.25) is 0 Å². The highest BCUT2D eigenvalue weighted by Gasteiger charge is 2.67. The Bertz CT molecular complexity index is 1930. The molecule has 0 radical (unpaired) electrons. The van der Waals surface area contributed by atoms with Crippen LogP contribution in [0, 0.1) is 11.3 Å². The van der Waals surface area contributed by atoms with Crippen LogP contribution in [0.1, 0.15) is 86.5 Å². The van der Waals surface area contributed by atoms with Crippen LogP contribution >= 0.6 is 0 Å². The molecule has 0 unspecified atom stereocenters. The summed E-state index contributed by atoms with van der Waals surface area (Å²) < 4.78 is 39.7. The maximum absolute atomic E-state index is 14.8. The second-order valence-electron chi connectivity index (χ2n) is 15.6. The van der Waals surface area contributed by atoms with Crippen LogP contribution in [0.4, 0.5) is 4.79 Å². The number of Topliss-reactive ketones (excluding diaryl/α,β-unsaturated/α-hetero) is 1. The van der Waals surface area contributed by atoms with Gasteiger partial charge >= 0.3 is 6.09 Å². The number of carbonyl (C=O) groups excluding carboxylic acids is 4. The first kappa shape index (κ1) is 39.7. The first-order valence-corrected chi connectivity index (χ1v) is 19.6. The summed E-state index contributed by atoms with van der Waals surface area (Å²) in [6.07, 6.45) is 1.78. The number of allylic oxidation sites excluding steroid dienone is 2. The molecule has 1 saturated heterocycles. The Morgan fingerprint density at radius 3 is 2.42 bits per heavy atom. The van der Waals surface area contributed by atoms with Crippen LogP contribution in [0.25, 0.3) is 10.8 Å². The van der Waals surface area contributed by atoms with Crippen LogP contribution in [0.5, 0.6) is 11.6 Å². The SMILES string of the molecule is CC[C@@H]1C[C@]1(C(=O)NS(=O)(=O)C1CC1)C(=O)[C@@H]1C[C@@H](Oc2nccc3cc(OC)ccc23)CN1C(=O)[C@H](CCC(=O)C=C(C)C)N(C(=O)O)C(C)(C)C. The maximum atomic E-state index is 14.8. The largest absolute Gasteiger partial charge is 0.497 e. The Morgan fingerprint density at radius 2 is 1.85 bits per heavy atom. The van der Waals surface area contributed by atoms with Crippen LogP contribution in [-0.2, 0) is 29.2 Å². The van der Waals surface area contributed by atoms with Crippen LogP contribution < -0.4 is 14.2 Å². The predicted molar refractivity (Wildman–Crippen MR) is 196 cm³/mol. The number of fused-ring (bicyclic) bond motifs is 1. The quantitative estimate of drug-likeness (QED) is 0.190. The van der Waals surface area contributed by atoms with Crippen molar-refractivity contribution in [2.75, 3.05) is 13.7 Å². The number of carboxylic acid groups (broad SMARTS) is 1. The first-order valence-electron chi connectivity index (χ1n) is 18.0. The summed E-state index contributed by atoms with van der Waals surface area (Å²) in [5.74, 6) is -2.14. The van der Waals surface area contributed by atoms with E-state index in [1.807, 2.05) is 6.07 Å². The molecule has 53 heavy (non-hydrogen) atoms. The molecule has 2 N–H and O–H groups in total. The fourth-order valence-corrected chi connectivity index (χ4v) is 8.85. The number of carbonyl (C=O) groups is 5. The molecule has 1 aromatic heterocycles. The number of ketones is 2. The smallest absolute Gasteiger partial charge is 0.408 e. The molecule has 3 amide bonds. The number of hydrogen-bond acceptors (Lipinski definition) is 10. The van der Waals surface area contributed by atoms with Gasteiger partial charge in [-0.05, 0) is 102 Å². The van der Waals surface area contributed by atoms with Crippen molar-refractivity contribution in [2.45, 2.75) is 115 Å². The summed E-state index contributed by atoms with van der Waals surface area (Å²) in [7, 11) is -2.43. The molecule has 2 heterocycles. The molecule has 0 bridgehead atoms. The Kier molecular flexibility index (Phi) is 11.3. The highest BCUT2D eigenvalue weighted by molar-refractivity contribution is 7.91. The number of ether oxygens (including phenoxy) is 2. The van der Waals surface area contributed by atoms with Crippen molar-refractivity contribution in [1.29, 1.82) is 0 Å². The van der Waals surface area contributed by atoms with Gasteiger partial charge in [-0.25, -0.2) is 18.2 Å². The molecule has 2 aromatic rings. The van der Waals surface area contributed by atoms with Crippen LogP contribution in [0.3, 0.4) is 0 Å². The first-order chi connectivity index (χ1) is 24.8. The Morgan fingerprint density at radius 1 is 1.15 bits per heavy atom. The zero-order valence-corrected chi connectivity index (χ0v) is 32.2. The van der Waals surface area contributed by atoms with E-state index in [1.54, 1.807) is 73.0 Å². The average molecular weight is 755 g/mol. The van der Waals surface area contributed by atoms with Crippen molar-refractivity contribution in [2.24, 2.45) is 11.3 Å². The molecule has 15 heteroatoms. The molecule has 3 aliphatic rings. The lowest BCUT2D eigenvalue weighted by Crippen LogP contribution is -2.59. The van der Waals surface area contributed by atoms with Gasteiger partial charge in [-0.2, -0.15) is 0 Å². The van der Waals surface area contributed by atoms with Crippen molar-refractivity contribution >= 4 is 50.3 Å². The third kappa shape index (κ3) is 8.34. The summed E-state index contributed by atoms with van der Waals surface area (Å²) in [4.78, 5) is 75.7. The van der Waals surface area contributed by atoms with E-state index in [1.165, 1.54) is 11.0 Å². The molecule has 14 nitrogen and oxygen atoms in total. The summed E-state index contributed by atoms with van der Waals surface area (Å²) in [6.45, 7) is 10.1. The number of nitrogens with zero attached hydrogens (tertiary/aromatic N) is 3. The molecule has 1 aromatic carbocycles. The van der Waals surface area contributed by atoms with Gasteiger partial charge in [0.15, 0.2) is 11.6 Å². The summed E-state index contributed by atoms with van der Waals surface area (Å²) in [5.41, 5.74) is -2.04. The minimum Gasteiger partial charge on any atom is -0.497 e. The van der Waals surface area contributed by atoms with E-state index in [2.05, 4.69) is 9.71 Å². The number of rotatable bonds is 15. The number of amides is 3. The molecule has 0 spiro atoms. The van der Waals surface area contributed by atoms with E-state index in [9.17, 15) is 37.5 Å². The third-order valence-corrected chi connectivity index (χ3v) is 12.2. The second-order valence-corrected chi connectivity index (χ2v) is 17.5. The predicted octanol–water partition coefficient (Wildman–Crippen LogP) is 4.65. The molecule has 2 aliphatic carbocycles. The molecule has 1 aliphatic heterocycles.